The molecule has 1 fully saturated rings. The van der Waals surface area contributed by atoms with Crippen LogP contribution in [0.25, 0.3) is 0 Å². The number of primary amides is 1. The minimum Gasteiger partial charge on any atom is -0.393 e. The number of nitrogens with two attached hydrogens (primary N) is 1. The van der Waals surface area contributed by atoms with Crippen LogP contribution in [-0.4, -0.2) is 39.5 Å². The number of thioether (sulfide) groups is 1. The zero-order valence-corrected chi connectivity index (χ0v) is 18.2. The number of allylic oxidation sites excluding steroid dienone is 3. The van der Waals surface area contributed by atoms with Crippen LogP contribution in [0.4, 0.5) is 0 Å². The Balaban J connectivity index is 2.45. The predicted molar refractivity (Wildman–Crippen MR) is 120 cm³/mol. The molecule has 0 heterocycles. The molecule has 1 saturated carbocycles. The number of aliphatic hydroxyl groups excluding tert-OH is 3. The summed E-state index contributed by atoms with van der Waals surface area (Å²) in [6.45, 7) is 0. The van der Waals surface area contributed by atoms with Crippen molar-refractivity contribution in [1.29, 1.82) is 0 Å². The molecule has 1 aliphatic rings. The summed E-state index contributed by atoms with van der Waals surface area (Å²) in [5, 5.41) is 33.1. The standard InChI is InChI=1S/C22H32ClNO4S/c1-2-29-21(23)11-8-7-9-16(25)13-14-18-17(19(26)15-20(18)27)10-5-3-4-6-12-22(24)28/h1,3,5,11,13-14,16-20,25-27H,4,6-10,12,15H2,(H2,24,28)/b5-3-,14-13+,21-11-/t16-,17+,18+,19-,20+/m0/s1. The number of halogens is 1. The van der Waals surface area contributed by atoms with Crippen molar-refractivity contribution in [3.05, 3.63) is 34.7 Å². The van der Waals surface area contributed by atoms with E-state index in [1.54, 1.807) is 6.08 Å². The molecule has 0 bridgehead atoms. The summed E-state index contributed by atoms with van der Waals surface area (Å²) < 4.78 is 0.561. The molecular formula is C22H32ClNO4S. The van der Waals surface area contributed by atoms with Crippen molar-refractivity contribution in [3.63, 3.8) is 0 Å². The lowest BCUT2D eigenvalue weighted by Gasteiger charge is -2.19. The van der Waals surface area contributed by atoms with Crippen molar-refractivity contribution in [2.45, 2.75) is 69.7 Å². The zero-order chi connectivity index (χ0) is 21.6. The fourth-order valence-electron chi connectivity index (χ4n) is 3.47. The van der Waals surface area contributed by atoms with Crippen LogP contribution in [0.5, 0.6) is 0 Å². The monoisotopic (exact) mass is 441 g/mol. The summed E-state index contributed by atoms with van der Waals surface area (Å²) in [5.41, 5.74) is 5.11. The lowest BCUT2D eigenvalue weighted by Crippen LogP contribution is -2.20. The quantitative estimate of drug-likeness (QED) is 0.199. The van der Waals surface area contributed by atoms with Gasteiger partial charge < -0.3 is 21.1 Å². The first-order chi connectivity index (χ1) is 13.8. The van der Waals surface area contributed by atoms with E-state index in [4.69, 9.17) is 23.8 Å². The Kier molecular flexibility index (Phi) is 13.1. The highest BCUT2D eigenvalue weighted by atomic mass is 35.5. The molecule has 5 nitrogen and oxygen atoms in total. The highest BCUT2D eigenvalue weighted by molar-refractivity contribution is 8.08. The Labute approximate surface area is 183 Å². The van der Waals surface area contributed by atoms with Gasteiger partial charge in [-0.05, 0) is 61.5 Å². The van der Waals surface area contributed by atoms with Gasteiger partial charge in [-0.2, -0.15) is 0 Å². The lowest BCUT2D eigenvalue weighted by molar-refractivity contribution is -0.118. The SMILES string of the molecule is C#CS/C(Cl)=C\CCC[C@H](O)/C=C/[C@@H]1[C@@H](C/C=C\CCCC(N)=O)[C@@H](O)C[C@H]1O. The van der Waals surface area contributed by atoms with Crippen molar-refractivity contribution in [1.82, 2.24) is 0 Å². The van der Waals surface area contributed by atoms with Crippen molar-refractivity contribution < 1.29 is 20.1 Å². The number of carbonyl (C=O) groups is 1. The fraction of sp³-hybridized carbons (Fsp3) is 0.591. The van der Waals surface area contributed by atoms with E-state index in [0.717, 1.165) is 31.0 Å². The van der Waals surface area contributed by atoms with E-state index in [1.165, 1.54) is 0 Å². The van der Waals surface area contributed by atoms with E-state index in [-0.39, 0.29) is 17.7 Å². The summed E-state index contributed by atoms with van der Waals surface area (Å²) in [6, 6.07) is 0. The van der Waals surface area contributed by atoms with Gasteiger partial charge in [-0.15, -0.1) is 6.42 Å². The number of rotatable bonds is 13. The van der Waals surface area contributed by atoms with Crippen LogP contribution in [0.2, 0.25) is 0 Å². The van der Waals surface area contributed by atoms with Gasteiger partial charge in [0.1, 0.15) is 0 Å². The maximum atomic E-state index is 10.7. The molecule has 29 heavy (non-hydrogen) atoms. The van der Waals surface area contributed by atoms with Crippen molar-refractivity contribution in [3.8, 4) is 11.7 Å². The Hall–Kier alpha value is -1.23. The second kappa shape index (κ2) is 14.7. The van der Waals surface area contributed by atoms with Gasteiger partial charge >= 0.3 is 0 Å². The van der Waals surface area contributed by atoms with Crippen LogP contribution in [0.1, 0.15) is 51.4 Å². The van der Waals surface area contributed by atoms with Gasteiger partial charge in [-0.3, -0.25) is 4.79 Å². The normalized spacial score (nSPS) is 26.2. The average Bonchev–Trinajstić information content (AvgIpc) is 2.92. The number of unbranched alkanes of at least 4 members (excludes halogenated alkanes) is 2. The summed E-state index contributed by atoms with van der Waals surface area (Å²) in [7, 11) is 0. The molecule has 1 aliphatic carbocycles. The number of carbonyl (C=O) groups excluding carboxylic acids is 1. The third kappa shape index (κ3) is 10.9. The number of amides is 1. The van der Waals surface area contributed by atoms with E-state index in [9.17, 15) is 20.1 Å². The largest absolute Gasteiger partial charge is 0.393 e. The number of hydrogen-bond donors (Lipinski definition) is 4. The van der Waals surface area contributed by atoms with Gasteiger partial charge in [0.05, 0.1) is 22.7 Å². The molecule has 0 unspecified atom stereocenters. The highest BCUT2D eigenvalue weighted by Crippen LogP contribution is 2.36. The molecule has 0 aromatic heterocycles. The van der Waals surface area contributed by atoms with Crippen LogP contribution in [0, 0.1) is 23.5 Å². The number of hydrogen-bond acceptors (Lipinski definition) is 5. The van der Waals surface area contributed by atoms with E-state index >= 15 is 0 Å². The smallest absolute Gasteiger partial charge is 0.217 e. The van der Waals surface area contributed by atoms with E-state index in [0.29, 0.717) is 36.5 Å². The maximum absolute atomic E-state index is 10.7. The number of aliphatic hydroxyl groups is 3. The Morgan fingerprint density at radius 1 is 1.28 bits per heavy atom. The van der Waals surface area contributed by atoms with Crippen LogP contribution in [0.3, 0.4) is 0 Å². The molecule has 1 rings (SSSR count). The van der Waals surface area contributed by atoms with Crippen LogP contribution >= 0.6 is 23.4 Å². The molecule has 0 radical (unpaired) electrons. The van der Waals surface area contributed by atoms with Crippen LogP contribution < -0.4 is 5.73 Å². The van der Waals surface area contributed by atoms with Gasteiger partial charge in [-0.25, -0.2) is 0 Å². The third-order valence-corrected chi connectivity index (χ3v) is 5.87. The first-order valence-electron chi connectivity index (χ1n) is 9.99. The van der Waals surface area contributed by atoms with Gasteiger partial charge in [0, 0.05) is 18.8 Å². The van der Waals surface area contributed by atoms with Crippen molar-refractivity contribution >= 4 is 29.3 Å². The topological polar surface area (TPSA) is 104 Å². The zero-order valence-electron chi connectivity index (χ0n) is 16.6. The highest BCUT2D eigenvalue weighted by Gasteiger charge is 2.39. The summed E-state index contributed by atoms with van der Waals surface area (Å²) in [6.07, 6.45) is 17.5. The first kappa shape index (κ1) is 25.8. The summed E-state index contributed by atoms with van der Waals surface area (Å²) in [4.78, 5) is 10.7. The molecule has 7 heteroatoms. The molecule has 0 aromatic carbocycles. The van der Waals surface area contributed by atoms with Crippen LogP contribution in [-0.2, 0) is 4.79 Å². The van der Waals surface area contributed by atoms with Crippen LogP contribution in [0.15, 0.2) is 34.7 Å². The van der Waals surface area contributed by atoms with E-state index in [1.807, 2.05) is 24.3 Å². The molecule has 1 amide bonds. The van der Waals surface area contributed by atoms with Gasteiger partial charge in [0.15, 0.2) is 0 Å². The molecule has 0 saturated heterocycles. The minimum atomic E-state index is -0.621. The second-order valence-corrected chi connectivity index (χ2v) is 8.80. The van der Waals surface area contributed by atoms with E-state index < -0.39 is 18.3 Å². The molecule has 0 aromatic rings. The van der Waals surface area contributed by atoms with Crippen molar-refractivity contribution in [2.24, 2.45) is 17.6 Å². The third-order valence-electron chi connectivity index (χ3n) is 5.01. The maximum Gasteiger partial charge on any atom is 0.217 e. The lowest BCUT2D eigenvalue weighted by atomic mass is 9.89. The molecule has 5 N–H and O–H groups in total. The molecule has 0 spiro atoms. The molecule has 162 valence electrons. The average molecular weight is 442 g/mol. The second-order valence-electron chi connectivity index (χ2n) is 7.29. The van der Waals surface area contributed by atoms with Gasteiger partial charge in [0.2, 0.25) is 5.91 Å². The Morgan fingerprint density at radius 3 is 2.72 bits per heavy atom. The van der Waals surface area contributed by atoms with E-state index in [2.05, 4.69) is 5.25 Å². The Bertz CT molecular complexity index is 629. The number of terminal acetylenes is 1. The molecule has 5 atom stereocenters. The van der Waals surface area contributed by atoms with Gasteiger partial charge in [0.25, 0.3) is 0 Å². The summed E-state index contributed by atoms with van der Waals surface area (Å²) in [5.74, 6) is -0.596. The van der Waals surface area contributed by atoms with Crippen molar-refractivity contribution in [2.75, 3.05) is 0 Å². The fourth-order valence-corrected chi connectivity index (χ4v) is 4.02. The summed E-state index contributed by atoms with van der Waals surface area (Å²) >= 11 is 7.03. The molecular weight excluding hydrogens is 410 g/mol. The Morgan fingerprint density at radius 2 is 2.03 bits per heavy atom. The predicted octanol–water partition coefficient (Wildman–Crippen LogP) is 3.44. The first-order valence-corrected chi connectivity index (χ1v) is 11.2. The van der Waals surface area contributed by atoms with Gasteiger partial charge in [-0.1, -0.05) is 42.0 Å². The minimum absolute atomic E-state index is 0.0941. The molecule has 0 aliphatic heterocycles.